The van der Waals surface area contributed by atoms with Crippen molar-refractivity contribution in [1.29, 1.82) is 0 Å². The van der Waals surface area contributed by atoms with E-state index >= 15 is 0 Å². The maximum absolute atomic E-state index is 12.2. The molecule has 0 saturated carbocycles. The molecule has 8 heteroatoms. The van der Waals surface area contributed by atoms with Crippen molar-refractivity contribution >= 4 is 24.0 Å². The smallest absolute Gasteiger partial charge is 0.270 e. The topological polar surface area (TPSA) is 80.5 Å². The number of aryl methyl sites for hydroxylation is 2. The molecule has 7 nitrogen and oxygen atoms in total. The largest absolute Gasteiger partial charge is 0.374 e. The summed E-state index contributed by atoms with van der Waals surface area (Å²) in [5.74, 6) is -0.186. The third-order valence-corrected chi connectivity index (χ3v) is 3.45. The number of hydrogen-bond acceptors (Lipinski definition) is 5. The normalized spacial score (nSPS) is 18.0. The molecule has 2 aromatic rings. The number of nitrogens with one attached hydrogen (secondary N) is 2. The maximum atomic E-state index is 12.2. The fourth-order valence-corrected chi connectivity index (χ4v) is 2.40. The highest BCUT2D eigenvalue weighted by atomic mass is 35.5. The van der Waals surface area contributed by atoms with Gasteiger partial charge in [-0.15, -0.1) is 12.4 Å². The van der Waals surface area contributed by atoms with E-state index in [4.69, 9.17) is 4.74 Å². The molecule has 0 aliphatic carbocycles. The maximum Gasteiger partial charge on any atom is 0.270 e. The molecule has 1 fully saturated rings. The van der Waals surface area contributed by atoms with Gasteiger partial charge < -0.3 is 15.4 Å². The number of carbonyl (C=O) groups is 1. The molecule has 1 aliphatic rings. The number of amides is 1. The summed E-state index contributed by atoms with van der Waals surface area (Å²) in [6.07, 6.45) is 0.0183. The standard InChI is InChI=1S/C14H19N5O2.ClH/c1-9-5-13-17-12(6-10(2)19(13)18-9)14(20)16-8-11-7-15-3-4-21-11;/h5-6,11,15H,3-4,7-8H2,1-2H3,(H,16,20);1H. The van der Waals surface area contributed by atoms with Gasteiger partial charge >= 0.3 is 0 Å². The minimum absolute atomic E-state index is 0. The monoisotopic (exact) mass is 325 g/mol. The van der Waals surface area contributed by atoms with Crippen molar-refractivity contribution in [1.82, 2.24) is 25.2 Å². The summed E-state index contributed by atoms with van der Waals surface area (Å²) in [4.78, 5) is 16.6. The molecule has 1 amide bonds. The highest BCUT2D eigenvalue weighted by molar-refractivity contribution is 5.92. The molecule has 3 heterocycles. The van der Waals surface area contributed by atoms with Gasteiger partial charge in [0.15, 0.2) is 5.65 Å². The van der Waals surface area contributed by atoms with Crippen LogP contribution in [-0.4, -0.2) is 52.9 Å². The predicted molar refractivity (Wildman–Crippen MR) is 84.7 cm³/mol. The second-order valence-electron chi connectivity index (χ2n) is 5.25. The van der Waals surface area contributed by atoms with Crippen LogP contribution in [0.15, 0.2) is 12.1 Å². The third-order valence-electron chi connectivity index (χ3n) is 3.45. The van der Waals surface area contributed by atoms with Crippen molar-refractivity contribution in [3.8, 4) is 0 Å². The lowest BCUT2D eigenvalue weighted by molar-refractivity contribution is 0.0287. The molecule has 2 N–H and O–H groups in total. The van der Waals surface area contributed by atoms with Crippen molar-refractivity contribution in [2.24, 2.45) is 0 Å². The first-order valence-corrected chi connectivity index (χ1v) is 7.08. The van der Waals surface area contributed by atoms with Crippen molar-refractivity contribution < 1.29 is 9.53 Å². The number of fused-ring (bicyclic) bond motifs is 1. The molecule has 0 radical (unpaired) electrons. The fourth-order valence-electron chi connectivity index (χ4n) is 2.40. The quantitative estimate of drug-likeness (QED) is 0.858. The number of ether oxygens (including phenoxy) is 1. The molecule has 120 valence electrons. The average Bonchev–Trinajstić information content (AvgIpc) is 2.87. The van der Waals surface area contributed by atoms with Crippen LogP contribution in [0.1, 0.15) is 21.9 Å². The Morgan fingerprint density at radius 2 is 2.32 bits per heavy atom. The van der Waals surface area contributed by atoms with Crippen LogP contribution in [0, 0.1) is 13.8 Å². The van der Waals surface area contributed by atoms with Crippen molar-refractivity contribution in [3.63, 3.8) is 0 Å². The Morgan fingerprint density at radius 3 is 3.05 bits per heavy atom. The Kier molecular flexibility index (Phi) is 5.33. The van der Waals surface area contributed by atoms with Crippen LogP contribution < -0.4 is 10.6 Å². The zero-order valence-corrected chi connectivity index (χ0v) is 13.4. The van der Waals surface area contributed by atoms with Gasteiger partial charge in [0.25, 0.3) is 5.91 Å². The van der Waals surface area contributed by atoms with Crippen LogP contribution >= 0.6 is 12.4 Å². The summed E-state index contributed by atoms with van der Waals surface area (Å²) >= 11 is 0. The van der Waals surface area contributed by atoms with Crippen LogP contribution in [0.25, 0.3) is 5.65 Å². The molecule has 1 unspecified atom stereocenters. The van der Waals surface area contributed by atoms with Crippen LogP contribution in [0.5, 0.6) is 0 Å². The Morgan fingerprint density at radius 1 is 1.50 bits per heavy atom. The lowest BCUT2D eigenvalue weighted by Crippen LogP contribution is -2.45. The molecule has 3 rings (SSSR count). The number of hydrogen-bond donors (Lipinski definition) is 2. The molecule has 1 aliphatic heterocycles. The van der Waals surface area contributed by atoms with Crippen LogP contribution in [0.4, 0.5) is 0 Å². The van der Waals surface area contributed by atoms with Gasteiger partial charge in [-0.25, -0.2) is 9.50 Å². The summed E-state index contributed by atoms with van der Waals surface area (Å²) in [6.45, 7) is 6.60. The number of carbonyl (C=O) groups excluding carboxylic acids is 1. The fraction of sp³-hybridized carbons (Fsp3) is 0.500. The molecule has 2 aromatic heterocycles. The van der Waals surface area contributed by atoms with Crippen molar-refractivity contribution in [3.05, 3.63) is 29.2 Å². The minimum Gasteiger partial charge on any atom is -0.374 e. The third kappa shape index (κ3) is 3.55. The van der Waals surface area contributed by atoms with E-state index in [1.807, 2.05) is 19.9 Å². The highest BCUT2D eigenvalue weighted by Crippen LogP contribution is 2.09. The van der Waals surface area contributed by atoms with Crippen LogP contribution in [-0.2, 0) is 4.74 Å². The average molecular weight is 326 g/mol. The van der Waals surface area contributed by atoms with E-state index in [0.717, 1.165) is 24.5 Å². The zero-order chi connectivity index (χ0) is 14.8. The van der Waals surface area contributed by atoms with E-state index in [-0.39, 0.29) is 24.4 Å². The van der Waals surface area contributed by atoms with Gasteiger partial charge in [0.2, 0.25) is 0 Å². The zero-order valence-electron chi connectivity index (χ0n) is 12.6. The number of halogens is 1. The second kappa shape index (κ2) is 7.04. The van der Waals surface area contributed by atoms with Crippen molar-refractivity contribution in [2.45, 2.75) is 20.0 Å². The first kappa shape index (κ1) is 16.7. The lowest BCUT2D eigenvalue weighted by atomic mass is 10.2. The van der Waals surface area contributed by atoms with Gasteiger partial charge in [-0.2, -0.15) is 5.10 Å². The Labute approximate surface area is 134 Å². The lowest BCUT2D eigenvalue weighted by Gasteiger charge is -2.23. The van der Waals surface area contributed by atoms with Crippen LogP contribution in [0.2, 0.25) is 0 Å². The second-order valence-corrected chi connectivity index (χ2v) is 5.25. The molecule has 22 heavy (non-hydrogen) atoms. The summed E-state index contributed by atoms with van der Waals surface area (Å²) < 4.78 is 7.29. The minimum atomic E-state index is -0.186. The van der Waals surface area contributed by atoms with E-state index in [1.54, 1.807) is 10.6 Å². The first-order chi connectivity index (χ1) is 10.1. The summed E-state index contributed by atoms with van der Waals surface area (Å²) in [5.41, 5.74) is 2.86. The Bertz CT molecular complexity index is 667. The van der Waals surface area contributed by atoms with Gasteiger partial charge in [0, 0.05) is 31.4 Å². The predicted octanol–water partition coefficient (Wildman–Crippen LogP) is 0.486. The summed E-state index contributed by atoms with van der Waals surface area (Å²) in [7, 11) is 0. The Hall–Kier alpha value is -1.70. The van der Waals surface area contributed by atoms with Crippen molar-refractivity contribution in [2.75, 3.05) is 26.2 Å². The van der Waals surface area contributed by atoms with Crippen LogP contribution in [0.3, 0.4) is 0 Å². The van der Waals surface area contributed by atoms with Gasteiger partial charge in [0.1, 0.15) is 5.69 Å². The molecular formula is C14H20ClN5O2. The molecular weight excluding hydrogens is 306 g/mol. The number of rotatable bonds is 3. The van der Waals surface area contributed by atoms with E-state index in [1.165, 1.54) is 0 Å². The van der Waals surface area contributed by atoms with Gasteiger partial charge in [0.05, 0.1) is 18.4 Å². The molecule has 0 aromatic carbocycles. The van der Waals surface area contributed by atoms with E-state index in [0.29, 0.717) is 24.5 Å². The molecule has 0 spiro atoms. The number of nitrogens with zero attached hydrogens (tertiary/aromatic N) is 3. The van der Waals surface area contributed by atoms with E-state index in [9.17, 15) is 4.79 Å². The molecule has 0 bridgehead atoms. The van der Waals surface area contributed by atoms with E-state index < -0.39 is 0 Å². The molecule has 1 saturated heterocycles. The van der Waals surface area contributed by atoms with Gasteiger partial charge in [-0.1, -0.05) is 0 Å². The van der Waals surface area contributed by atoms with Gasteiger partial charge in [-0.05, 0) is 19.9 Å². The summed E-state index contributed by atoms with van der Waals surface area (Å²) in [6, 6.07) is 3.60. The summed E-state index contributed by atoms with van der Waals surface area (Å²) in [5, 5.41) is 10.4. The van der Waals surface area contributed by atoms with E-state index in [2.05, 4.69) is 20.7 Å². The Balaban J connectivity index is 0.00000176. The SMILES string of the molecule is Cc1cc2nc(C(=O)NCC3CNCCO3)cc(C)n2n1.Cl. The van der Waals surface area contributed by atoms with Gasteiger partial charge in [-0.3, -0.25) is 4.79 Å². The first-order valence-electron chi connectivity index (χ1n) is 7.08. The molecule has 1 atom stereocenters. The number of morpholine rings is 1. The number of aromatic nitrogens is 3. The highest BCUT2D eigenvalue weighted by Gasteiger charge is 2.16.